The second-order valence-corrected chi connectivity index (χ2v) is 40.6. The van der Waals surface area contributed by atoms with E-state index < -0.39 is 131 Å². The van der Waals surface area contributed by atoms with Crippen LogP contribution in [0.1, 0.15) is 65.3 Å². The first kappa shape index (κ1) is 80.6. The summed E-state index contributed by atoms with van der Waals surface area (Å²) in [5.41, 5.74) is 7.83. The molecule has 0 fully saturated rings. The molecule has 0 saturated carbocycles. The average Bonchev–Trinajstić information content (AvgIpc) is 0.743. The van der Waals surface area contributed by atoms with E-state index in [2.05, 4.69) is 24.3 Å². The van der Waals surface area contributed by atoms with Gasteiger partial charge in [0, 0.05) is 0 Å². The molecular formula is C85H76O20S7. The molecule has 0 aliphatic heterocycles. The van der Waals surface area contributed by atoms with E-state index in [1.165, 1.54) is 94.6 Å². The highest BCUT2D eigenvalue weighted by atomic mass is 32.2. The molecule has 0 saturated heterocycles. The van der Waals surface area contributed by atoms with Crippen molar-refractivity contribution in [3.8, 4) is 57.5 Å². The average molecular weight is 1640 g/mol. The molecule has 0 N–H and O–H groups in total. The standard InChI is InChI=1S/C85H76O20S7/c1-8-106(86,87)81-52-72(39-44-76(81)100-6)110(94,95)74-42-47-79(104-68-31-23-62(24-32-68)50-60-17-13-58(5)14-18-60)84(55-74)112(98,99)85-56-75(111(96,97)73-40-45-77(101-7)82(53-73)107(88,89)9-2)43-48-80(85)105-69-33-25-64(26-34-69)51-63-21-29-67(30-22-63)103-78-46-41-71(54-83(78)108(90,91)10-3)109(92,93)70-37-35-66(36-38-70)102-65-27-19-61(20-28-65)49-59-15-11-57(4)12-16-59/h11-48,52-56H,8-10,49-51H2,1-7H3. The Morgan fingerprint density at radius 2 is 0.429 bits per heavy atom. The monoisotopic (exact) mass is 1640 g/mol. The van der Waals surface area contributed by atoms with Crippen LogP contribution in [0.15, 0.2) is 315 Å². The lowest BCUT2D eigenvalue weighted by atomic mass is 10.0. The third-order valence-corrected chi connectivity index (χ3v) is 30.8. The molecule has 0 spiro atoms. The summed E-state index contributed by atoms with van der Waals surface area (Å²) in [6, 6.07) is 65.2. The summed E-state index contributed by atoms with van der Waals surface area (Å²) >= 11 is 0. The molecule has 0 radical (unpaired) electrons. The predicted molar refractivity (Wildman–Crippen MR) is 424 cm³/mol. The van der Waals surface area contributed by atoms with Gasteiger partial charge in [0.25, 0.3) is 0 Å². The SMILES string of the molecule is CCS(=O)(=O)c1cc(S(=O)(=O)c2ccc(Oc3ccc(Cc4ccc(C)cc4)cc3)c(S(=O)(=O)c3cc(S(=O)(=O)c4ccc(OC)c(S(=O)(=O)CC)c4)ccc3Oc3ccc(Cc4ccc(Oc5ccc(S(=O)(=O)c6ccc(Oc7ccc(Cc8ccc(C)cc8)cc7)cc6)cc5S(=O)(=O)CC)cc4)cc3)c2)ccc1OC. The summed E-state index contributed by atoms with van der Waals surface area (Å²) in [6.07, 6.45) is 1.56. The van der Waals surface area contributed by atoms with E-state index in [1.807, 2.05) is 62.4 Å². The molecule has 0 unspecified atom stereocenters. The van der Waals surface area contributed by atoms with Crippen molar-refractivity contribution in [2.75, 3.05) is 31.5 Å². The maximum absolute atomic E-state index is 16.0. The van der Waals surface area contributed by atoms with Crippen molar-refractivity contribution in [3.63, 3.8) is 0 Å². The maximum atomic E-state index is 16.0. The topological polar surface area (TPSA) is 294 Å². The molecule has 12 aromatic rings. The van der Waals surface area contributed by atoms with Crippen molar-refractivity contribution in [1.29, 1.82) is 0 Å². The Labute approximate surface area is 653 Å². The second kappa shape index (κ2) is 32.8. The summed E-state index contributed by atoms with van der Waals surface area (Å²) in [7, 11) is -29.2. The normalized spacial score (nSPS) is 12.2. The number of rotatable bonds is 30. The van der Waals surface area contributed by atoms with E-state index in [4.69, 9.17) is 28.4 Å². The summed E-state index contributed by atoms with van der Waals surface area (Å²) in [5, 5.41) is 0. The Balaban J connectivity index is 0.832. The van der Waals surface area contributed by atoms with Gasteiger partial charge in [0.2, 0.25) is 39.3 Å². The van der Waals surface area contributed by atoms with E-state index in [0.717, 1.165) is 113 Å². The fourth-order valence-electron chi connectivity index (χ4n) is 12.0. The highest BCUT2D eigenvalue weighted by Gasteiger charge is 2.35. The fourth-order valence-corrected chi connectivity index (χ4v) is 21.1. The lowest BCUT2D eigenvalue weighted by Crippen LogP contribution is -2.12. The van der Waals surface area contributed by atoms with Crippen molar-refractivity contribution in [1.82, 2.24) is 0 Å². The molecule has 0 heterocycles. The Hall–Kier alpha value is -10.9. The molecule has 112 heavy (non-hydrogen) atoms. The number of hydrogen-bond donors (Lipinski definition) is 0. The lowest BCUT2D eigenvalue weighted by Gasteiger charge is -2.18. The van der Waals surface area contributed by atoms with Gasteiger partial charge in [0.05, 0.1) is 60.9 Å². The Bertz CT molecular complexity index is 6380. The van der Waals surface area contributed by atoms with E-state index in [0.29, 0.717) is 29.9 Å². The van der Waals surface area contributed by atoms with Gasteiger partial charge in [0.15, 0.2) is 29.5 Å². The minimum absolute atomic E-state index is 0.0339. The van der Waals surface area contributed by atoms with Crippen LogP contribution < -0.4 is 28.4 Å². The maximum Gasteiger partial charge on any atom is 0.214 e. The van der Waals surface area contributed by atoms with Crippen LogP contribution >= 0.6 is 0 Å². The van der Waals surface area contributed by atoms with Gasteiger partial charge in [-0.2, -0.15) is 0 Å². The number of hydrogen-bond acceptors (Lipinski definition) is 20. The van der Waals surface area contributed by atoms with Crippen LogP contribution in [0.25, 0.3) is 0 Å². The fraction of sp³-hybridized carbons (Fsp3) is 0.153. The van der Waals surface area contributed by atoms with Gasteiger partial charge in [-0.15, -0.1) is 0 Å². The highest BCUT2D eigenvalue weighted by molar-refractivity contribution is 7.94. The van der Waals surface area contributed by atoms with E-state index >= 15 is 8.42 Å². The minimum Gasteiger partial charge on any atom is -0.495 e. The minimum atomic E-state index is -5.31. The molecule has 0 aromatic heterocycles. The highest BCUT2D eigenvalue weighted by Crippen LogP contribution is 2.44. The summed E-state index contributed by atoms with van der Waals surface area (Å²) in [6.45, 7) is 8.16. The van der Waals surface area contributed by atoms with Crippen LogP contribution in [-0.4, -0.2) is 90.4 Å². The number of sulfone groups is 7. The third-order valence-electron chi connectivity index (χ3n) is 18.5. The van der Waals surface area contributed by atoms with E-state index in [-0.39, 0.29) is 54.9 Å². The Kier molecular flexibility index (Phi) is 23.6. The summed E-state index contributed by atoms with van der Waals surface area (Å²) in [5.74, 6) is -1.24. The summed E-state index contributed by atoms with van der Waals surface area (Å²) < 4.78 is 236. The van der Waals surface area contributed by atoms with Crippen LogP contribution in [0, 0.1) is 13.8 Å². The number of aryl methyl sites for hydroxylation is 2. The van der Waals surface area contributed by atoms with Crippen molar-refractivity contribution in [2.24, 2.45) is 0 Å². The zero-order chi connectivity index (χ0) is 80.1. The van der Waals surface area contributed by atoms with Gasteiger partial charge in [-0.05, 0) is 230 Å². The first-order valence-electron chi connectivity index (χ1n) is 35.0. The smallest absolute Gasteiger partial charge is 0.214 e. The van der Waals surface area contributed by atoms with Crippen molar-refractivity contribution >= 4 is 68.9 Å². The van der Waals surface area contributed by atoms with Gasteiger partial charge >= 0.3 is 0 Å². The van der Waals surface area contributed by atoms with E-state index in [1.54, 1.807) is 60.7 Å². The molecule has 12 rings (SSSR count). The van der Waals surface area contributed by atoms with Crippen LogP contribution in [0.3, 0.4) is 0 Å². The molecule has 578 valence electrons. The van der Waals surface area contributed by atoms with Gasteiger partial charge in [0.1, 0.15) is 82.0 Å². The van der Waals surface area contributed by atoms with Gasteiger partial charge < -0.3 is 28.4 Å². The van der Waals surface area contributed by atoms with Crippen molar-refractivity contribution < 1.29 is 87.3 Å². The molecular weight excluding hydrogens is 1570 g/mol. The van der Waals surface area contributed by atoms with Crippen LogP contribution in [0.5, 0.6) is 57.5 Å². The van der Waals surface area contributed by atoms with Crippen molar-refractivity contribution in [3.05, 3.63) is 305 Å². The predicted octanol–water partition coefficient (Wildman–Crippen LogP) is 17.0. The van der Waals surface area contributed by atoms with Gasteiger partial charge in [-0.25, -0.2) is 58.9 Å². The first-order chi connectivity index (χ1) is 53.2. The number of ether oxygens (including phenoxy) is 6. The van der Waals surface area contributed by atoms with Gasteiger partial charge in [-0.3, -0.25) is 0 Å². The summed E-state index contributed by atoms with van der Waals surface area (Å²) in [4.78, 5) is -5.68. The van der Waals surface area contributed by atoms with Crippen molar-refractivity contribution in [2.45, 2.75) is 108 Å². The van der Waals surface area contributed by atoms with Gasteiger partial charge in [-0.1, -0.05) is 129 Å². The number of methoxy groups -OCH3 is 2. The molecule has 27 heteroatoms. The molecule has 12 aromatic carbocycles. The lowest BCUT2D eigenvalue weighted by molar-refractivity contribution is 0.402. The molecule has 0 aliphatic carbocycles. The zero-order valence-electron chi connectivity index (χ0n) is 61.6. The molecule has 0 bridgehead atoms. The van der Waals surface area contributed by atoms with Crippen LogP contribution in [-0.2, 0) is 88.1 Å². The Morgan fingerprint density at radius 1 is 0.223 bits per heavy atom. The third kappa shape index (κ3) is 17.9. The molecule has 0 amide bonds. The van der Waals surface area contributed by atoms with Crippen LogP contribution in [0.4, 0.5) is 0 Å². The molecule has 0 atom stereocenters. The second-order valence-electron chi connectivity index (χ2n) is 26.1. The largest absolute Gasteiger partial charge is 0.495 e. The molecule has 20 nitrogen and oxygen atoms in total. The number of benzene rings is 12. The molecule has 0 aliphatic rings. The first-order valence-corrected chi connectivity index (χ1v) is 45.9. The van der Waals surface area contributed by atoms with E-state index in [9.17, 15) is 50.5 Å². The van der Waals surface area contributed by atoms with Crippen LogP contribution in [0.2, 0.25) is 0 Å². The Morgan fingerprint density at radius 3 is 0.696 bits per heavy atom. The zero-order valence-corrected chi connectivity index (χ0v) is 67.3. The quantitative estimate of drug-likeness (QED) is 0.0404.